The van der Waals surface area contributed by atoms with Crippen molar-refractivity contribution in [2.24, 2.45) is 0 Å². The Morgan fingerprint density at radius 1 is 0.850 bits per heavy atom. The van der Waals surface area contributed by atoms with Crippen molar-refractivity contribution < 1.29 is 9.53 Å². The minimum atomic E-state index is -0.0874. The third kappa shape index (κ3) is 15.0. The topological polar surface area (TPSA) is 26.3 Å². The van der Waals surface area contributed by atoms with Gasteiger partial charge in [0.1, 0.15) is 0 Å². The van der Waals surface area contributed by atoms with Crippen LogP contribution < -0.4 is 0 Å². The van der Waals surface area contributed by atoms with E-state index in [4.69, 9.17) is 0 Å². The normalized spacial score (nSPS) is 11.5. The summed E-state index contributed by atoms with van der Waals surface area (Å²) in [5.74, 6) is -0.0874. The molecule has 0 aliphatic heterocycles. The lowest BCUT2D eigenvalue weighted by Crippen LogP contribution is -1.98. The number of carbonyl (C=O) groups is 1. The Labute approximate surface area is 125 Å². The number of unbranched alkanes of at least 4 members (excludes halogenated alkanes) is 7. The summed E-state index contributed by atoms with van der Waals surface area (Å²) in [6.45, 7) is 2.24. The Kier molecular flexibility index (Phi) is 15.2. The van der Waals surface area contributed by atoms with Gasteiger partial charge in [0.25, 0.3) is 0 Å². The van der Waals surface area contributed by atoms with Crippen molar-refractivity contribution in [3.63, 3.8) is 0 Å². The third-order valence-electron chi connectivity index (χ3n) is 3.31. The molecule has 0 saturated heterocycles. The van der Waals surface area contributed by atoms with Gasteiger partial charge in [-0.15, -0.1) is 0 Å². The van der Waals surface area contributed by atoms with Crippen LogP contribution in [0.3, 0.4) is 0 Å². The number of esters is 1. The van der Waals surface area contributed by atoms with E-state index in [1.165, 1.54) is 45.6 Å². The van der Waals surface area contributed by atoms with Gasteiger partial charge in [0.05, 0.1) is 7.11 Å². The molecule has 2 nitrogen and oxygen atoms in total. The summed E-state index contributed by atoms with van der Waals surface area (Å²) in [6, 6.07) is 0. The van der Waals surface area contributed by atoms with Crippen LogP contribution in [0.4, 0.5) is 0 Å². The minimum Gasteiger partial charge on any atom is -0.469 e. The summed E-state index contributed by atoms with van der Waals surface area (Å²) in [5, 5.41) is 0. The van der Waals surface area contributed by atoms with Crippen molar-refractivity contribution in [2.75, 3.05) is 7.11 Å². The van der Waals surface area contributed by atoms with Gasteiger partial charge in [0.15, 0.2) is 0 Å². The fraction of sp³-hybridized carbons (Fsp3) is 0.722. The molecule has 0 aliphatic rings. The highest BCUT2D eigenvalue weighted by Crippen LogP contribution is 2.07. The minimum absolute atomic E-state index is 0.0874. The van der Waals surface area contributed by atoms with E-state index in [9.17, 15) is 4.79 Å². The van der Waals surface area contributed by atoms with Crippen LogP contribution in [0.25, 0.3) is 0 Å². The summed E-state index contributed by atoms with van der Waals surface area (Å²) in [7, 11) is 1.45. The van der Waals surface area contributed by atoms with Crippen molar-refractivity contribution in [3.8, 4) is 0 Å². The summed E-state index contributed by atoms with van der Waals surface area (Å²) in [4.78, 5) is 10.9. The van der Waals surface area contributed by atoms with Crippen molar-refractivity contribution in [1.29, 1.82) is 0 Å². The van der Waals surface area contributed by atoms with Crippen molar-refractivity contribution in [2.45, 2.75) is 77.6 Å². The molecule has 0 unspecified atom stereocenters. The molecule has 2 heteroatoms. The van der Waals surface area contributed by atoms with Gasteiger partial charge in [-0.05, 0) is 38.5 Å². The number of methoxy groups -OCH3 is 1. The zero-order chi connectivity index (χ0) is 14.9. The van der Waals surface area contributed by atoms with Gasteiger partial charge >= 0.3 is 5.97 Å². The molecule has 0 radical (unpaired) electrons. The van der Waals surface area contributed by atoms with Crippen LogP contribution in [0.5, 0.6) is 0 Å². The largest absolute Gasteiger partial charge is 0.469 e. The number of ether oxygens (including phenoxy) is 1. The summed E-state index contributed by atoms with van der Waals surface area (Å²) in [5.41, 5.74) is 0. The number of carbonyl (C=O) groups excluding carboxylic acids is 1. The standard InChI is InChI=1S/C18H32O2/c1-3-4-5-6-7-8-9-10-11-12-13-14-15-16-17-18(19)20-2/h7-8,10-11H,3-6,9,12-17H2,1-2H3. The Balaban J connectivity index is 3.21. The monoisotopic (exact) mass is 280 g/mol. The highest BCUT2D eigenvalue weighted by Gasteiger charge is 1.98. The van der Waals surface area contributed by atoms with Gasteiger partial charge in [0, 0.05) is 6.42 Å². The van der Waals surface area contributed by atoms with Crippen LogP contribution in [0.2, 0.25) is 0 Å². The molecule has 20 heavy (non-hydrogen) atoms. The predicted octanol–water partition coefficient (Wildman–Crippen LogP) is 5.58. The average Bonchev–Trinajstić information content (AvgIpc) is 2.47. The van der Waals surface area contributed by atoms with Crippen LogP contribution in [0.1, 0.15) is 77.6 Å². The molecule has 116 valence electrons. The Hall–Kier alpha value is -1.05. The predicted molar refractivity (Wildman–Crippen MR) is 86.8 cm³/mol. The fourth-order valence-electron chi connectivity index (χ4n) is 2.01. The van der Waals surface area contributed by atoms with E-state index in [-0.39, 0.29) is 5.97 Å². The second-order valence-corrected chi connectivity index (χ2v) is 5.20. The molecule has 0 spiro atoms. The summed E-state index contributed by atoms with van der Waals surface area (Å²) in [6.07, 6.45) is 21.6. The second kappa shape index (κ2) is 16.0. The zero-order valence-electron chi connectivity index (χ0n) is 13.4. The highest BCUT2D eigenvalue weighted by atomic mass is 16.5. The lowest BCUT2D eigenvalue weighted by Gasteiger charge is -1.99. The van der Waals surface area contributed by atoms with Crippen LogP contribution in [0.15, 0.2) is 24.3 Å². The van der Waals surface area contributed by atoms with E-state index in [2.05, 4.69) is 36.0 Å². The van der Waals surface area contributed by atoms with E-state index in [1.54, 1.807) is 0 Å². The molecule has 0 atom stereocenters. The molecule has 0 aromatic rings. The van der Waals surface area contributed by atoms with E-state index in [0.29, 0.717) is 6.42 Å². The SMILES string of the molecule is CCCCCC=CCC=CCCCCCCC(=O)OC. The molecule has 0 rings (SSSR count). The van der Waals surface area contributed by atoms with Gasteiger partial charge in [-0.2, -0.15) is 0 Å². The fourth-order valence-corrected chi connectivity index (χ4v) is 2.01. The van der Waals surface area contributed by atoms with E-state index in [1.807, 2.05) is 0 Å². The first kappa shape index (κ1) is 18.9. The zero-order valence-corrected chi connectivity index (χ0v) is 13.4. The molecule has 0 amide bonds. The smallest absolute Gasteiger partial charge is 0.305 e. The van der Waals surface area contributed by atoms with Crippen LogP contribution in [-0.4, -0.2) is 13.1 Å². The van der Waals surface area contributed by atoms with Crippen LogP contribution >= 0.6 is 0 Å². The quantitative estimate of drug-likeness (QED) is 0.250. The number of allylic oxidation sites excluding steroid dienone is 4. The average molecular weight is 280 g/mol. The maximum absolute atomic E-state index is 10.9. The van der Waals surface area contributed by atoms with Gasteiger partial charge < -0.3 is 4.74 Å². The summed E-state index contributed by atoms with van der Waals surface area (Å²) < 4.78 is 4.61. The van der Waals surface area contributed by atoms with E-state index < -0.39 is 0 Å². The van der Waals surface area contributed by atoms with Crippen LogP contribution in [-0.2, 0) is 9.53 Å². The van der Waals surface area contributed by atoms with Crippen molar-refractivity contribution in [3.05, 3.63) is 24.3 Å². The highest BCUT2D eigenvalue weighted by molar-refractivity contribution is 5.68. The first-order valence-electron chi connectivity index (χ1n) is 8.18. The lowest BCUT2D eigenvalue weighted by molar-refractivity contribution is -0.140. The van der Waals surface area contributed by atoms with Gasteiger partial charge in [0.2, 0.25) is 0 Å². The van der Waals surface area contributed by atoms with Crippen molar-refractivity contribution in [1.82, 2.24) is 0 Å². The molecule has 0 heterocycles. The maximum Gasteiger partial charge on any atom is 0.305 e. The molecular formula is C18H32O2. The van der Waals surface area contributed by atoms with Gasteiger partial charge in [-0.3, -0.25) is 4.79 Å². The van der Waals surface area contributed by atoms with Crippen molar-refractivity contribution >= 4 is 5.97 Å². The Bertz CT molecular complexity index is 267. The van der Waals surface area contributed by atoms with Gasteiger partial charge in [-0.1, -0.05) is 56.9 Å². The molecule has 0 saturated carbocycles. The first-order chi connectivity index (χ1) is 9.81. The summed E-state index contributed by atoms with van der Waals surface area (Å²) >= 11 is 0. The molecule has 0 aromatic heterocycles. The second-order valence-electron chi connectivity index (χ2n) is 5.20. The van der Waals surface area contributed by atoms with E-state index in [0.717, 1.165) is 25.7 Å². The molecule has 0 aromatic carbocycles. The van der Waals surface area contributed by atoms with Crippen LogP contribution in [0, 0.1) is 0 Å². The Morgan fingerprint density at radius 3 is 2.05 bits per heavy atom. The first-order valence-corrected chi connectivity index (χ1v) is 8.18. The number of hydrogen-bond acceptors (Lipinski definition) is 2. The molecule has 0 aliphatic carbocycles. The van der Waals surface area contributed by atoms with E-state index >= 15 is 0 Å². The molecule has 0 fully saturated rings. The molecule has 0 bridgehead atoms. The molecular weight excluding hydrogens is 248 g/mol. The Morgan fingerprint density at radius 2 is 1.45 bits per heavy atom. The third-order valence-corrected chi connectivity index (χ3v) is 3.31. The maximum atomic E-state index is 10.9. The number of rotatable bonds is 13. The lowest BCUT2D eigenvalue weighted by atomic mass is 10.1. The number of hydrogen-bond donors (Lipinski definition) is 0. The van der Waals surface area contributed by atoms with Gasteiger partial charge in [-0.25, -0.2) is 0 Å². The molecule has 0 N–H and O–H groups in total.